The lowest BCUT2D eigenvalue weighted by Crippen LogP contribution is -1.99. The molecule has 1 aliphatic carbocycles. The number of rotatable bonds is 4. The average molecular weight is 476 g/mol. The van der Waals surface area contributed by atoms with E-state index in [-0.39, 0.29) is 0 Å². The van der Waals surface area contributed by atoms with Crippen LogP contribution in [0.2, 0.25) is 0 Å². The summed E-state index contributed by atoms with van der Waals surface area (Å²) in [5.74, 6) is 0.741. The van der Waals surface area contributed by atoms with Gasteiger partial charge in [0.15, 0.2) is 5.82 Å². The Morgan fingerprint density at radius 1 is 0.568 bits per heavy atom. The molecule has 2 heterocycles. The second-order valence-electron chi connectivity index (χ2n) is 9.38. The van der Waals surface area contributed by atoms with Crippen LogP contribution in [0, 0.1) is 0 Å². The smallest absolute Gasteiger partial charge is 0.160 e. The maximum absolute atomic E-state index is 5.01. The van der Waals surface area contributed by atoms with Gasteiger partial charge in [0.2, 0.25) is 0 Å². The predicted octanol–water partition coefficient (Wildman–Crippen LogP) is 8.64. The molecule has 4 aromatic carbocycles. The van der Waals surface area contributed by atoms with Crippen LogP contribution in [0.25, 0.3) is 55.7 Å². The average Bonchev–Trinajstić information content (AvgIpc) is 3.32. The molecule has 0 aliphatic heterocycles. The molecule has 0 radical (unpaired) electrons. The van der Waals surface area contributed by atoms with E-state index in [1.165, 1.54) is 21.8 Å². The summed E-state index contributed by atoms with van der Waals surface area (Å²) < 4.78 is 2.33. The number of hydrogen-bond donors (Lipinski definition) is 0. The fourth-order valence-corrected chi connectivity index (χ4v) is 5.24. The molecule has 0 saturated carbocycles. The van der Waals surface area contributed by atoms with Crippen molar-refractivity contribution < 1.29 is 0 Å². The number of fused-ring (bicyclic) bond motifs is 3. The van der Waals surface area contributed by atoms with Crippen LogP contribution >= 0.6 is 0 Å². The van der Waals surface area contributed by atoms with Gasteiger partial charge in [0.05, 0.1) is 22.4 Å². The fourth-order valence-electron chi connectivity index (χ4n) is 5.24. The van der Waals surface area contributed by atoms with E-state index in [0.29, 0.717) is 0 Å². The monoisotopic (exact) mass is 475 g/mol. The number of aromatic nitrogens is 3. The van der Waals surface area contributed by atoms with Crippen molar-refractivity contribution in [3.05, 3.63) is 133 Å². The highest BCUT2D eigenvalue weighted by Gasteiger charge is 2.14. The predicted molar refractivity (Wildman–Crippen MR) is 154 cm³/mol. The summed E-state index contributed by atoms with van der Waals surface area (Å²) in [5.41, 5.74) is 8.69. The quantitative estimate of drug-likeness (QED) is 0.255. The van der Waals surface area contributed by atoms with Gasteiger partial charge >= 0.3 is 0 Å². The van der Waals surface area contributed by atoms with Crippen LogP contribution in [0.5, 0.6) is 0 Å². The molecule has 0 atom stereocenters. The van der Waals surface area contributed by atoms with Crippen molar-refractivity contribution in [2.75, 3.05) is 0 Å². The van der Waals surface area contributed by atoms with Crippen molar-refractivity contribution in [1.82, 2.24) is 14.5 Å². The van der Waals surface area contributed by atoms with Gasteiger partial charge in [-0.1, -0.05) is 85.0 Å². The highest BCUT2D eigenvalue weighted by Crippen LogP contribution is 2.33. The third-order valence-corrected chi connectivity index (χ3v) is 7.05. The minimum atomic E-state index is 0.741. The molecule has 2 aromatic heterocycles. The minimum Gasteiger partial charge on any atom is -0.309 e. The normalized spacial score (nSPS) is 13.2. The third-order valence-electron chi connectivity index (χ3n) is 7.05. The largest absolute Gasteiger partial charge is 0.309 e. The van der Waals surface area contributed by atoms with Crippen LogP contribution < -0.4 is 0 Å². The molecule has 0 saturated heterocycles. The fraction of sp³-hybridized carbons (Fsp3) is 0.0588. The van der Waals surface area contributed by atoms with E-state index in [1.54, 1.807) is 0 Å². The molecule has 6 aromatic rings. The first-order chi connectivity index (χ1) is 18.3. The minimum absolute atomic E-state index is 0.741. The lowest BCUT2D eigenvalue weighted by molar-refractivity contribution is 1.03. The zero-order valence-electron chi connectivity index (χ0n) is 20.4. The molecule has 0 bridgehead atoms. The van der Waals surface area contributed by atoms with Crippen molar-refractivity contribution in [1.29, 1.82) is 0 Å². The molecule has 0 spiro atoms. The second-order valence-corrected chi connectivity index (χ2v) is 9.38. The molecular formula is C34H25N3. The van der Waals surface area contributed by atoms with Crippen LogP contribution in [0.15, 0.2) is 127 Å². The first kappa shape index (κ1) is 21.5. The number of para-hydroxylation sites is 2. The molecule has 1 aliphatic rings. The van der Waals surface area contributed by atoms with Crippen LogP contribution in [-0.4, -0.2) is 14.5 Å². The second kappa shape index (κ2) is 9.03. The van der Waals surface area contributed by atoms with Crippen molar-refractivity contribution in [2.45, 2.75) is 12.8 Å². The maximum atomic E-state index is 5.01. The van der Waals surface area contributed by atoms with Crippen LogP contribution in [0.1, 0.15) is 18.5 Å². The van der Waals surface area contributed by atoms with Crippen molar-refractivity contribution in [3.63, 3.8) is 0 Å². The topological polar surface area (TPSA) is 30.7 Å². The van der Waals surface area contributed by atoms with Crippen LogP contribution in [0.3, 0.4) is 0 Å². The van der Waals surface area contributed by atoms with E-state index in [0.717, 1.165) is 52.4 Å². The van der Waals surface area contributed by atoms with Gasteiger partial charge in [0.1, 0.15) is 0 Å². The van der Waals surface area contributed by atoms with Gasteiger partial charge in [-0.3, -0.25) is 0 Å². The zero-order valence-corrected chi connectivity index (χ0v) is 20.4. The summed E-state index contributed by atoms with van der Waals surface area (Å²) in [7, 11) is 0. The van der Waals surface area contributed by atoms with E-state index in [9.17, 15) is 0 Å². The maximum Gasteiger partial charge on any atom is 0.160 e. The molecular weight excluding hydrogens is 450 g/mol. The van der Waals surface area contributed by atoms with E-state index in [4.69, 9.17) is 9.97 Å². The molecule has 3 nitrogen and oxygen atoms in total. The Labute approximate surface area is 216 Å². The Morgan fingerprint density at radius 3 is 1.89 bits per heavy atom. The van der Waals surface area contributed by atoms with E-state index in [2.05, 4.69) is 126 Å². The van der Waals surface area contributed by atoms with Crippen LogP contribution in [0.4, 0.5) is 0 Å². The lowest BCUT2D eigenvalue weighted by atomic mass is 10.0. The Balaban J connectivity index is 1.35. The molecule has 0 amide bonds. The molecule has 3 heteroatoms. The standard InChI is InChI=1S/C34H25N3/c1-3-11-24(12-4-1)30-23-31(25-13-5-2-6-14-25)36-34(35-30)26-19-21-27(22-20-26)37-32-17-9-7-15-28(32)29-16-8-10-18-33(29)37/h1,3-5,7-23H,2,6H2. The lowest BCUT2D eigenvalue weighted by Gasteiger charge is -2.12. The molecule has 0 N–H and O–H groups in total. The Bertz CT molecular complexity index is 1750. The number of nitrogens with zero attached hydrogens (tertiary/aromatic N) is 3. The molecule has 0 fully saturated rings. The third kappa shape index (κ3) is 3.85. The first-order valence-corrected chi connectivity index (χ1v) is 12.8. The first-order valence-electron chi connectivity index (χ1n) is 12.8. The van der Waals surface area contributed by atoms with Crippen LogP contribution in [-0.2, 0) is 0 Å². The van der Waals surface area contributed by atoms with Gasteiger partial charge in [0.25, 0.3) is 0 Å². The highest BCUT2D eigenvalue weighted by molar-refractivity contribution is 6.09. The van der Waals surface area contributed by atoms with Crippen molar-refractivity contribution in [3.8, 4) is 28.3 Å². The summed E-state index contributed by atoms with van der Waals surface area (Å²) in [6, 6.07) is 38.3. The summed E-state index contributed by atoms with van der Waals surface area (Å²) in [6.07, 6.45) is 8.79. The number of benzene rings is 4. The Morgan fingerprint density at radius 2 is 1.22 bits per heavy atom. The van der Waals surface area contributed by atoms with Gasteiger partial charge in [-0.2, -0.15) is 0 Å². The van der Waals surface area contributed by atoms with Gasteiger partial charge < -0.3 is 4.57 Å². The SMILES string of the molecule is C1=CC(c2cc(-c3ccccc3)nc(-c3ccc(-n4c5ccccc5c5ccccc54)cc3)n2)=CCC1. The van der Waals surface area contributed by atoms with E-state index >= 15 is 0 Å². The van der Waals surface area contributed by atoms with E-state index < -0.39 is 0 Å². The summed E-state index contributed by atoms with van der Waals surface area (Å²) >= 11 is 0. The van der Waals surface area contributed by atoms with E-state index in [1.807, 2.05) is 6.07 Å². The number of hydrogen-bond acceptors (Lipinski definition) is 2. The Hall–Kier alpha value is -4.76. The summed E-state index contributed by atoms with van der Waals surface area (Å²) in [4.78, 5) is 10.00. The van der Waals surface area contributed by atoms with Gasteiger partial charge in [-0.05, 0) is 60.9 Å². The van der Waals surface area contributed by atoms with Crippen molar-refractivity contribution in [2.24, 2.45) is 0 Å². The van der Waals surface area contributed by atoms with Gasteiger partial charge in [-0.15, -0.1) is 0 Å². The number of allylic oxidation sites excluding steroid dienone is 4. The molecule has 176 valence electrons. The Kier molecular flexibility index (Phi) is 5.25. The molecule has 37 heavy (non-hydrogen) atoms. The van der Waals surface area contributed by atoms with Gasteiger partial charge in [0, 0.05) is 27.6 Å². The van der Waals surface area contributed by atoms with Gasteiger partial charge in [-0.25, -0.2) is 9.97 Å². The highest BCUT2D eigenvalue weighted by atomic mass is 15.0. The molecule has 7 rings (SSSR count). The molecule has 0 unspecified atom stereocenters. The summed E-state index contributed by atoms with van der Waals surface area (Å²) in [6.45, 7) is 0. The summed E-state index contributed by atoms with van der Waals surface area (Å²) in [5, 5.41) is 2.53. The zero-order chi connectivity index (χ0) is 24.6. The van der Waals surface area contributed by atoms with Crippen molar-refractivity contribution >= 4 is 27.4 Å².